The SMILES string of the molecule is COc1ncc(C(F)(F)F)cc1N[C@H]1[C@H](C(C)(C)C)[C@@H](C(=O)O)N(C(=O)C2CCCCC2)[C@H]1c1ccccc1. The fraction of sp³-hybridized carbons (Fsp3) is 0.552. The van der Waals surface area contributed by atoms with Crippen LogP contribution in [0, 0.1) is 17.3 Å². The van der Waals surface area contributed by atoms with Crippen molar-refractivity contribution in [3.8, 4) is 5.88 Å². The van der Waals surface area contributed by atoms with Crippen LogP contribution in [0.3, 0.4) is 0 Å². The Labute approximate surface area is 226 Å². The lowest BCUT2D eigenvalue weighted by Crippen LogP contribution is -2.49. The van der Waals surface area contributed by atoms with Gasteiger partial charge in [-0.15, -0.1) is 0 Å². The van der Waals surface area contributed by atoms with Crippen molar-refractivity contribution in [3.63, 3.8) is 0 Å². The van der Waals surface area contributed by atoms with Gasteiger partial charge in [0, 0.05) is 18.0 Å². The first kappa shape index (κ1) is 28.7. The highest BCUT2D eigenvalue weighted by molar-refractivity contribution is 5.87. The van der Waals surface area contributed by atoms with Crippen LogP contribution in [0.4, 0.5) is 18.9 Å². The number of anilines is 1. The molecule has 2 N–H and O–H groups in total. The number of carboxylic acids is 1. The molecule has 39 heavy (non-hydrogen) atoms. The molecular formula is C29H36F3N3O4. The number of hydrogen-bond donors (Lipinski definition) is 2. The second kappa shape index (κ2) is 11.1. The second-order valence-corrected chi connectivity index (χ2v) is 11.6. The average molecular weight is 548 g/mol. The minimum atomic E-state index is -4.64. The molecule has 2 aliphatic rings. The number of benzene rings is 1. The summed E-state index contributed by atoms with van der Waals surface area (Å²) in [5.74, 6) is -2.36. The lowest BCUT2D eigenvalue weighted by molar-refractivity contribution is -0.154. The summed E-state index contributed by atoms with van der Waals surface area (Å²) in [4.78, 5) is 32.4. The summed E-state index contributed by atoms with van der Waals surface area (Å²) >= 11 is 0. The molecule has 1 amide bonds. The van der Waals surface area contributed by atoms with Crippen molar-refractivity contribution in [1.29, 1.82) is 0 Å². The number of likely N-dealkylation sites (tertiary alicyclic amines) is 1. The molecule has 10 heteroatoms. The molecule has 1 aliphatic carbocycles. The number of aromatic nitrogens is 1. The molecule has 2 aromatic rings. The van der Waals surface area contributed by atoms with Gasteiger partial charge in [0.25, 0.3) is 0 Å². The first-order chi connectivity index (χ1) is 18.3. The van der Waals surface area contributed by atoms with Crippen LogP contribution in [-0.2, 0) is 15.8 Å². The third-order valence-electron chi connectivity index (χ3n) is 7.96. The maximum atomic E-state index is 14.1. The van der Waals surface area contributed by atoms with E-state index in [9.17, 15) is 27.9 Å². The highest BCUT2D eigenvalue weighted by Gasteiger charge is 2.58. The van der Waals surface area contributed by atoms with Gasteiger partial charge in [0.2, 0.25) is 11.8 Å². The van der Waals surface area contributed by atoms with Gasteiger partial charge in [-0.05, 0) is 29.9 Å². The van der Waals surface area contributed by atoms with E-state index in [4.69, 9.17) is 4.74 Å². The van der Waals surface area contributed by atoms with Gasteiger partial charge in [0.1, 0.15) is 6.04 Å². The number of carbonyl (C=O) groups excluding carboxylic acids is 1. The van der Waals surface area contributed by atoms with E-state index in [0.29, 0.717) is 24.6 Å². The lowest BCUT2D eigenvalue weighted by atomic mass is 9.72. The highest BCUT2D eigenvalue weighted by atomic mass is 19.4. The summed E-state index contributed by atoms with van der Waals surface area (Å²) < 4.78 is 46.2. The van der Waals surface area contributed by atoms with Gasteiger partial charge in [0.15, 0.2) is 0 Å². The van der Waals surface area contributed by atoms with Crippen molar-refractivity contribution in [3.05, 3.63) is 53.7 Å². The molecule has 1 aromatic heterocycles. The molecule has 1 saturated carbocycles. The zero-order valence-electron chi connectivity index (χ0n) is 22.7. The quantitative estimate of drug-likeness (QED) is 0.450. The number of alkyl halides is 3. The Hall–Kier alpha value is -3.30. The summed E-state index contributed by atoms with van der Waals surface area (Å²) in [6.45, 7) is 5.67. The van der Waals surface area contributed by atoms with E-state index in [1.807, 2.05) is 51.1 Å². The number of halogens is 3. The van der Waals surface area contributed by atoms with Gasteiger partial charge < -0.3 is 20.1 Å². The van der Waals surface area contributed by atoms with Crippen molar-refractivity contribution >= 4 is 17.6 Å². The molecule has 1 saturated heterocycles. The maximum Gasteiger partial charge on any atom is 0.417 e. The smallest absolute Gasteiger partial charge is 0.417 e. The van der Waals surface area contributed by atoms with E-state index in [2.05, 4.69) is 10.3 Å². The van der Waals surface area contributed by atoms with Crippen LogP contribution in [0.25, 0.3) is 0 Å². The van der Waals surface area contributed by atoms with E-state index >= 15 is 0 Å². The summed E-state index contributed by atoms with van der Waals surface area (Å²) in [7, 11) is 1.31. The molecule has 2 heterocycles. The molecule has 7 nitrogen and oxygen atoms in total. The van der Waals surface area contributed by atoms with Crippen LogP contribution in [0.1, 0.15) is 70.0 Å². The summed E-state index contributed by atoms with van der Waals surface area (Å²) in [6.07, 6.45) is 0.268. The number of carboxylic acid groups (broad SMARTS) is 1. The number of nitrogens with one attached hydrogen (secondary N) is 1. The van der Waals surface area contributed by atoms with E-state index in [1.54, 1.807) is 0 Å². The minimum Gasteiger partial charge on any atom is -0.480 e. The normalized spacial score (nSPS) is 24.4. The predicted molar refractivity (Wildman–Crippen MR) is 140 cm³/mol. The number of methoxy groups -OCH3 is 1. The van der Waals surface area contributed by atoms with Crippen LogP contribution < -0.4 is 10.1 Å². The predicted octanol–water partition coefficient (Wildman–Crippen LogP) is 6.17. The van der Waals surface area contributed by atoms with Crippen LogP contribution in [0.5, 0.6) is 5.88 Å². The standard InChI is InChI=1S/C29H36F3N3O4/c1-28(2,3)21-22(34-20-15-19(29(30,31)32)16-33-25(20)39-4)23(17-11-7-5-8-12-17)35(24(21)27(37)38)26(36)18-13-9-6-10-14-18/h5,7-8,11-12,15-16,18,21-24,34H,6,9-10,13-14H2,1-4H3,(H,37,38)/t21-,22-,23-,24-/m0/s1. The fourth-order valence-electron chi connectivity index (χ4n) is 6.27. The molecule has 212 valence electrons. The second-order valence-electron chi connectivity index (χ2n) is 11.6. The van der Waals surface area contributed by atoms with E-state index < -0.39 is 47.2 Å². The number of aliphatic carboxylic acids is 1. The first-order valence-electron chi connectivity index (χ1n) is 13.3. The molecule has 4 atom stereocenters. The molecule has 1 aromatic carbocycles. The van der Waals surface area contributed by atoms with Gasteiger partial charge in [-0.3, -0.25) is 4.79 Å². The molecule has 4 rings (SSSR count). The van der Waals surface area contributed by atoms with Gasteiger partial charge >= 0.3 is 12.1 Å². The van der Waals surface area contributed by atoms with Crippen molar-refractivity contribution in [1.82, 2.24) is 9.88 Å². The van der Waals surface area contributed by atoms with Crippen LogP contribution in [0.15, 0.2) is 42.6 Å². The highest BCUT2D eigenvalue weighted by Crippen LogP contribution is 2.51. The largest absolute Gasteiger partial charge is 0.480 e. The van der Waals surface area contributed by atoms with Crippen molar-refractivity contribution in [2.45, 2.75) is 77.2 Å². The topological polar surface area (TPSA) is 91.8 Å². The monoisotopic (exact) mass is 547 g/mol. The average Bonchev–Trinajstić information content (AvgIpc) is 3.24. The van der Waals surface area contributed by atoms with Crippen LogP contribution in [0.2, 0.25) is 0 Å². The van der Waals surface area contributed by atoms with Gasteiger partial charge in [-0.1, -0.05) is 70.4 Å². The van der Waals surface area contributed by atoms with E-state index in [0.717, 1.165) is 25.3 Å². The van der Waals surface area contributed by atoms with Crippen LogP contribution >= 0.6 is 0 Å². The fourth-order valence-corrected chi connectivity index (χ4v) is 6.27. The molecule has 0 radical (unpaired) electrons. The molecule has 1 aliphatic heterocycles. The number of nitrogens with zero attached hydrogens (tertiary/aromatic N) is 2. The maximum absolute atomic E-state index is 14.1. The summed E-state index contributed by atoms with van der Waals surface area (Å²) in [5, 5.41) is 13.8. The Bertz CT molecular complexity index is 1180. The van der Waals surface area contributed by atoms with E-state index in [1.165, 1.54) is 12.0 Å². The third kappa shape index (κ3) is 5.84. The zero-order chi connectivity index (χ0) is 28.5. The Morgan fingerprint density at radius 3 is 2.26 bits per heavy atom. The van der Waals surface area contributed by atoms with Gasteiger partial charge in [0.05, 0.1) is 30.4 Å². The van der Waals surface area contributed by atoms with Crippen molar-refractivity contribution in [2.24, 2.45) is 17.3 Å². The van der Waals surface area contributed by atoms with E-state index in [-0.39, 0.29) is 23.4 Å². The molecular weight excluding hydrogens is 511 g/mol. The Morgan fingerprint density at radius 1 is 1.08 bits per heavy atom. The molecule has 0 bridgehead atoms. The van der Waals surface area contributed by atoms with Crippen molar-refractivity contribution in [2.75, 3.05) is 12.4 Å². The summed E-state index contributed by atoms with van der Waals surface area (Å²) in [5.41, 5.74) is -0.908. The number of ether oxygens (including phenoxy) is 1. The van der Waals surface area contributed by atoms with Crippen LogP contribution in [-0.4, -0.2) is 46.1 Å². The third-order valence-corrected chi connectivity index (χ3v) is 7.96. The number of amides is 1. The zero-order valence-corrected chi connectivity index (χ0v) is 22.7. The molecule has 0 unspecified atom stereocenters. The van der Waals surface area contributed by atoms with Gasteiger partial charge in [-0.25, -0.2) is 9.78 Å². The van der Waals surface area contributed by atoms with Crippen molar-refractivity contribution < 1.29 is 32.6 Å². The minimum absolute atomic E-state index is 0.0105. The van der Waals surface area contributed by atoms with Gasteiger partial charge in [-0.2, -0.15) is 13.2 Å². The number of pyridine rings is 1. The number of rotatable bonds is 6. The molecule has 2 fully saturated rings. The Morgan fingerprint density at radius 2 is 1.72 bits per heavy atom. The number of hydrogen-bond acceptors (Lipinski definition) is 5. The molecule has 0 spiro atoms. The Balaban J connectivity index is 1.90. The lowest BCUT2D eigenvalue weighted by Gasteiger charge is -2.36. The number of carbonyl (C=O) groups is 2. The Kier molecular flexibility index (Phi) is 8.14. The first-order valence-corrected chi connectivity index (χ1v) is 13.3. The summed E-state index contributed by atoms with van der Waals surface area (Å²) in [6, 6.07) is 7.33.